The van der Waals surface area contributed by atoms with E-state index in [1.807, 2.05) is 0 Å². The summed E-state index contributed by atoms with van der Waals surface area (Å²) in [7, 11) is -2.61. The third-order valence-corrected chi connectivity index (χ3v) is 14.6. The Hall–Kier alpha value is -5.44. The fourth-order valence-electron chi connectivity index (χ4n) is 7.89. The molecular weight excluding hydrogens is 559 g/mol. The molecule has 0 unspecified atom stereocenters. The molecule has 0 saturated heterocycles. The van der Waals surface area contributed by atoms with E-state index in [9.17, 15) is 0 Å². The summed E-state index contributed by atoms with van der Waals surface area (Å²) in [5, 5.41) is 8.33. The molecule has 0 atom stereocenters. The molecule has 0 aliphatic heterocycles. The number of nitrogens with zero attached hydrogens (tertiary/aromatic N) is 1. The van der Waals surface area contributed by atoms with E-state index in [-0.39, 0.29) is 0 Å². The van der Waals surface area contributed by atoms with E-state index in [4.69, 9.17) is 0 Å². The van der Waals surface area contributed by atoms with Crippen LogP contribution in [0.3, 0.4) is 0 Å². The number of fused-ring (bicyclic) bond motifs is 7. The third kappa shape index (κ3) is 3.86. The van der Waals surface area contributed by atoms with Crippen LogP contribution in [-0.2, 0) is 6.42 Å². The molecule has 0 N–H and O–H groups in total. The minimum absolute atomic E-state index is 0.946. The molecule has 0 bridgehead atoms. The lowest BCUT2D eigenvalue weighted by atomic mass is 10.0. The summed E-state index contributed by atoms with van der Waals surface area (Å²) < 4.78 is 2.43. The number of aromatic nitrogens is 1. The topological polar surface area (TPSA) is 4.93 Å². The van der Waals surface area contributed by atoms with Gasteiger partial charge in [0.2, 0.25) is 0 Å². The Morgan fingerprint density at radius 3 is 1.60 bits per heavy atom. The van der Waals surface area contributed by atoms with Crippen LogP contribution in [0.5, 0.6) is 0 Å². The highest BCUT2D eigenvalue weighted by Crippen LogP contribution is 2.44. The fourth-order valence-corrected chi connectivity index (χ4v) is 12.7. The lowest BCUT2D eigenvalue weighted by molar-refractivity contribution is 1.18. The SMILES string of the molecule is c1ccc(-n2c3ccccc3c3c4c(ccc32)-c2cc([Si](c3ccccc3)(c3ccccc3)c3ccccc3)ccc2C4)cc1. The zero-order chi connectivity index (χ0) is 29.8. The van der Waals surface area contributed by atoms with Gasteiger partial charge in [-0.2, -0.15) is 0 Å². The molecule has 9 rings (SSSR count). The first kappa shape index (κ1) is 26.0. The van der Waals surface area contributed by atoms with Gasteiger partial charge in [-0.1, -0.05) is 152 Å². The first-order chi connectivity index (χ1) is 22.3. The van der Waals surface area contributed by atoms with Gasteiger partial charge in [0.05, 0.1) is 11.0 Å². The zero-order valence-corrected chi connectivity index (χ0v) is 25.9. The second kappa shape index (κ2) is 10.3. The minimum Gasteiger partial charge on any atom is -0.309 e. The van der Waals surface area contributed by atoms with Gasteiger partial charge in [0, 0.05) is 16.5 Å². The van der Waals surface area contributed by atoms with Crippen LogP contribution in [0, 0.1) is 0 Å². The van der Waals surface area contributed by atoms with E-state index in [0.29, 0.717) is 0 Å². The number of para-hydroxylation sites is 2. The van der Waals surface area contributed by atoms with Crippen molar-refractivity contribution in [2.45, 2.75) is 6.42 Å². The van der Waals surface area contributed by atoms with Crippen LogP contribution >= 0.6 is 0 Å². The van der Waals surface area contributed by atoms with Gasteiger partial charge in [0.15, 0.2) is 8.07 Å². The van der Waals surface area contributed by atoms with E-state index >= 15 is 0 Å². The van der Waals surface area contributed by atoms with E-state index in [2.05, 4.69) is 180 Å². The van der Waals surface area contributed by atoms with E-state index in [0.717, 1.165) is 6.42 Å². The van der Waals surface area contributed by atoms with E-state index in [1.165, 1.54) is 70.5 Å². The molecule has 7 aromatic carbocycles. The Labute approximate surface area is 264 Å². The Balaban J connectivity index is 1.32. The molecule has 0 amide bonds. The average Bonchev–Trinajstić information content (AvgIpc) is 3.66. The van der Waals surface area contributed by atoms with E-state index in [1.54, 1.807) is 0 Å². The molecule has 1 aliphatic carbocycles. The first-order valence-electron chi connectivity index (χ1n) is 15.7. The fraction of sp³-hybridized carbons (Fsp3) is 0.0233. The van der Waals surface area contributed by atoms with Gasteiger partial charge < -0.3 is 4.57 Å². The van der Waals surface area contributed by atoms with Crippen molar-refractivity contribution < 1.29 is 0 Å². The zero-order valence-electron chi connectivity index (χ0n) is 24.9. The number of hydrogen-bond donors (Lipinski definition) is 0. The number of hydrogen-bond acceptors (Lipinski definition) is 0. The Morgan fingerprint density at radius 2 is 0.978 bits per heavy atom. The predicted molar refractivity (Wildman–Crippen MR) is 193 cm³/mol. The van der Waals surface area contributed by atoms with Crippen molar-refractivity contribution in [3.63, 3.8) is 0 Å². The summed E-state index contributed by atoms with van der Waals surface area (Å²) in [5.74, 6) is 0. The van der Waals surface area contributed by atoms with Crippen molar-refractivity contribution in [2.75, 3.05) is 0 Å². The molecule has 2 heteroatoms. The van der Waals surface area contributed by atoms with Crippen LogP contribution in [0.2, 0.25) is 0 Å². The van der Waals surface area contributed by atoms with Gasteiger partial charge in [-0.05, 0) is 73.7 Å². The second-order valence-corrected chi connectivity index (χ2v) is 15.9. The molecule has 1 aliphatic rings. The highest BCUT2D eigenvalue weighted by molar-refractivity contribution is 7.19. The molecule has 0 fully saturated rings. The molecule has 8 aromatic rings. The lowest BCUT2D eigenvalue weighted by Crippen LogP contribution is -2.74. The maximum atomic E-state index is 2.54. The first-order valence-corrected chi connectivity index (χ1v) is 17.7. The molecule has 45 heavy (non-hydrogen) atoms. The molecule has 1 nitrogen and oxygen atoms in total. The third-order valence-electron chi connectivity index (χ3n) is 9.78. The normalized spacial score (nSPS) is 12.4. The largest absolute Gasteiger partial charge is 0.309 e. The van der Waals surface area contributed by atoms with Crippen LogP contribution in [0.1, 0.15) is 11.1 Å². The van der Waals surface area contributed by atoms with Gasteiger partial charge in [-0.3, -0.25) is 0 Å². The van der Waals surface area contributed by atoms with Crippen molar-refractivity contribution in [1.29, 1.82) is 0 Å². The van der Waals surface area contributed by atoms with Crippen LogP contribution < -0.4 is 20.7 Å². The van der Waals surface area contributed by atoms with Gasteiger partial charge in [0.25, 0.3) is 0 Å². The molecule has 212 valence electrons. The van der Waals surface area contributed by atoms with Crippen molar-refractivity contribution in [1.82, 2.24) is 4.57 Å². The summed E-state index contributed by atoms with van der Waals surface area (Å²) in [6.45, 7) is 0. The molecule has 0 spiro atoms. The minimum atomic E-state index is -2.61. The van der Waals surface area contributed by atoms with Crippen LogP contribution in [0.25, 0.3) is 38.6 Å². The monoisotopic (exact) mass is 589 g/mol. The molecule has 0 radical (unpaired) electrons. The predicted octanol–water partition coefficient (Wildman–Crippen LogP) is 7.73. The number of rotatable bonds is 5. The van der Waals surface area contributed by atoms with E-state index < -0.39 is 8.07 Å². The molecule has 1 heterocycles. The smallest absolute Gasteiger partial charge is 0.179 e. The van der Waals surface area contributed by atoms with Crippen molar-refractivity contribution in [2.24, 2.45) is 0 Å². The number of benzene rings is 7. The Bertz CT molecular complexity index is 2230. The second-order valence-electron chi connectivity index (χ2n) is 12.1. The highest BCUT2D eigenvalue weighted by Gasteiger charge is 2.42. The molecule has 1 aromatic heterocycles. The summed E-state index contributed by atoms with van der Waals surface area (Å²) in [4.78, 5) is 0. The van der Waals surface area contributed by atoms with Crippen LogP contribution in [0.15, 0.2) is 176 Å². The molecule has 0 saturated carbocycles. The standard InChI is InChI=1S/C43H31NSi/c1-5-15-32(16-6-1)44-41-24-14-13-23-38(41)43-40-29-31-25-26-36(30-39(31)37(40)27-28-42(43)44)45(33-17-7-2-8-18-33,34-19-9-3-10-20-34)35-21-11-4-12-22-35/h1-28,30H,29H2. The Kier molecular flexibility index (Phi) is 5.97. The van der Waals surface area contributed by atoms with Crippen molar-refractivity contribution in [3.8, 4) is 16.8 Å². The average molecular weight is 590 g/mol. The lowest BCUT2D eigenvalue weighted by Gasteiger charge is -2.34. The summed E-state index contributed by atoms with van der Waals surface area (Å²) >= 11 is 0. The van der Waals surface area contributed by atoms with Gasteiger partial charge >= 0.3 is 0 Å². The van der Waals surface area contributed by atoms with Gasteiger partial charge in [-0.25, -0.2) is 0 Å². The van der Waals surface area contributed by atoms with Crippen molar-refractivity contribution >= 4 is 50.6 Å². The van der Waals surface area contributed by atoms with Gasteiger partial charge in [0.1, 0.15) is 0 Å². The Morgan fingerprint density at radius 1 is 0.422 bits per heavy atom. The van der Waals surface area contributed by atoms with Crippen molar-refractivity contribution in [3.05, 3.63) is 187 Å². The molecular formula is C43H31NSi. The summed E-state index contributed by atoms with van der Waals surface area (Å²) in [6.07, 6.45) is 0.946. The summed E-state index contributed by atoms with van der Waals surface area (Å²) in [5.41, 5.74) is 9.33. The van der Waals surface area contributed by atoms with Crippen LogP contribution in [0.4, 0.5) is 0 Å². The highest BCUT2D eigenvalue weighted by atomic mass is 28.3. The van der Waals surface area contributed by atoms with Gasteiger partial charge in [-0.15, -0.1) is 0 Å². The quantitative estimate of drug-likeness (QED) is 0.143. The summed E-state index contributed by atoms with van der Waals surface area (Å²) in [6, 6.07) is 65.4. The maximum absolute atomic E-state index is 2.61. The van der Waals surface area contributed by atoms with Crippen LogP contribution in [-0.4, -0.2) is 12.6 Å². The maximum Gasteiger partial charge on any atom is 0.179 e.